The third kappa shape index (κ3) is 1.63. The third-order valence-electron chi connectivity index (χ3n) is 4.17. The van der Waals surface area contributed by atoms with E-state index in [2.05, 4.69) is 4.90 Å². The fourth-order valence-corrected chi connectivity index (χ4v) is 2.97. The molecule has 2 heterocycles. The molecular weight excluding hydrogens is 202 g/mol. The number of fused-ring (bicyclic) bond motifs is 2. The molecule has 0 saturated carbocycles. The van der Waals surface area contributed by atoms with E-state index >= 15 is 0 Å². The van der Waals surface area contributed by atoms with Crippen LogP contribution in [-0.2, 0) is 9.59 Å². The second kappa shape index (κ2) is 4.13. The fourth-order valence-electron chi connectivity index (χ4n) is 2.97. The second-order valence-electron chi connectivity index (χ2n) is 4.95. The molecule has 3 nitrogen and oxygen atoms in total. The normalized spacial score (nSPS) is 35.6. The molecule has 0 amide bonds. The van der Waals surface area contributed by atoms with Crippen molar-refractivity contribution in [2.45, 2.75) is 45.2 Å². The van der Waals surface area contributed by atoms with E-state index in [4.69, 9.17) is 0 Å². The summed E-state index contributed by atoms with van der Waals surface area (Å²) in [7, 11) is 2.04. The number of ketones is 2. The molecule has 2 rings (SSSR count). The molecule has 0 spiro atoms. The van der Waals surface area contributed by atoms with Crippen molar-refractivity contribution in [2.24, 2.45) is 5.92 Å². The van der Waals surface area contributed by atoms with Crippen LogP contribution < -0.4 is 0 Å². The van der Waals surface area contributed by atoms with E-state index in [0.29, 0.717) is 12.5 Å². The maximum Gasteiger partial charge on any atom is 0.170 e. The van der Waals surface area contributed by atoms with Gasteiger partial charge in [-0.1, -0.05) is 6.08 Å². The van der Waals surface area contributed by atoms with E-state index in [9.17, 15) is 9.59 Å². The summed E-state index contributed by atoms with van der Waals surface area (Å²) in [5, 5.41) is 0. The highest BCUT2D eigenvalue weighted by Gasteiger charge is 2.47. The Balaban J connectivity index is 2.26. The number of hydrogen-bond acceptors (Lipinski definition) is 3. The smallest absolute Gasteiger partial charge is 0.170 e. The van der Waals surface area contributed by atoms with Crippen molar-refractivity contribution in [1.29, 1.82) is 0 Å². The van der Waals surface area contributed by atoms with E-state index in [1.807, 2.05) is 14.0 Å². The number of Topliss-reactive ketones (excluding diaryl/α,β-unsaturated/α-hetero) is 2. The summed E-state index contributed by atoms with van der Waals surface area (Å²) >= 11 is 0. The van der Waals surface area contributed by atoms with Crippen molar-refractivity contribution in [3.63, 3.8) is 0 Å². The number of carbonyl (C=O) groups is 2. The maximum absolute atomic E-state index is 12.2. The van der Waals surface area contributed by atoms with Gasteiger partial charge in [0.2, 0.25) is 0 Å². The van der Waals surface area contributed by atoms with Gasteiger partial charge in [-0.05, 0) is 39.3 Å². The highest BCUT2D eigenvalue weighted by molar-refractivity contribution is 6.11. The molecule has 2 saturated heterocycles. The van der Waals surface area contributed by atoms with Crippen molar-refractivity contribution >= 4 is 11.6 Å². The molecule has 0 radical (unpaired) electrons. The van der Waals surface area contributed by atoms with E-state index in [-0.39, 0.29) is 17.6 Å². The standard InChI is InChI=1S/C13H19NO2/c1-4-8(2)13(16)12-10-6-5-9(14(10)3)7-11(12)15/h4,9-10,12H,5-7H2,1-3H3/b8-4+/t9-,10+,12?/m0/s1. The van der Waals surface area contributed by atoms with Crippen LogP contribution >= 0.6 is 0 Å². The lowest BCUT2D eigenvalue weighted by Gasteiger charge is -2.35. The Bertz CT molecular complexity index is 359. The molecule has 1 unspecified atom stereocenters. The first-order valence-corrected chi connectivity index (χ1v) is 5.98. The Kier molecular flexibility index (Phi) is 2.98. The van der Waals surface area contributed by atoms with Crippen molar-refractivity contribution in [3.8, 4) is 0 Å². The molecule has 16 heavy (non-hydrogen) atoms. The SMILES string of the molecule is C/C=C(\C)C(=O)C1C(=O)C[C@@H]2CC[C@H]1N2C. The van der Waals surface area contributed by atoms with Gasteiger partial charge in [-0.15, -0.1) is 0 Å². The Morgan fingerprint density at radius 1 is 1.44 bits per heavy atom. The molecular formula is C13H19NO2. The minimum atomic E-state index is -0.403. The van der Waals surface area contributed by atoms with Crippen molar-refractivity contribution < 1.29 is 9.59 Å². The molecule has 3 heteroatoms. The average molecular weight is 221 g/mol. The predicted octanol–water partition coefficient (Wildman–Crippen LogP) is 1.57. The highest BCUT2D eigenvalue weighted by atomic mass is 16.2. The predicted molar refractivity (Wildman–Crippen MR) is 62.1 cm³/mol. The summed E-state index contributed by atoms with van der Waals surface area (Å²) in [6.07, 6.45) is 4.41. The quantitative estimate of drug-likeness (QED) is 0.524. The third-order valence-corrected chi connectivity index (χ3v) is 4.17. The van der Waals surface area contributed by atoms with Gasteiger partial charge in [-0.2, -0.15) is 0 Å². The highest BCUT2D eigenvalue weighted by Crippen LogP contribution is 2.37. The molecule has 2 fully saturated rings. The summed E-state index contributed by atoms with van der Waals surface area (Å²) in [4.78, 5) is 26.4. The van der Waals surface area contributed by atoms with Gasteiger partial charge < -0.3 is 0 Å². The van der Waals surface area contributed by atoms with Crippen molar-refractivity contribution in [2.75, 3.05) is 7.05 Å². The Hall–Kier alpha value is -0.960. The summed E-state index contributed by atoms with van der Waals surface area (Å²) in [5.41, 5.74) is 0.720. The zero-order chi connectivity index (χ0) is 11.9. The van der Waals surface area contributed by atoms with Gasteiger partial charge in [0.05, 0.1) is 5.92 Å². The Labute approximate surface area is 96.5 Å². The van der Waals surface area contributed by atoms with Gasteiger partial charge in [-0.25, -0.2) is 0 Å². The monoisotopic (exact) mass is 221 g/mol. The summed E-state index contributed by atoms with van der Waals surface area (Å²) < 4.78 is 0. The lowest BCUT2D eigenvalue weighted by Crippen LogP contribution is -2.50. The minimum Gasteiger partial charge on any atom is -0.299 e. The van der Waals surface area contributed by atoms with Crippen LogP contribution in [-0.4, -0.2) is 35.6 Å². The largest absolute Gasteiger partial charge is 0.299 e. The van der Waals surface area contributed by atoms with E-state index in [0.717, 1.165) is 18.4 Å². The molecule has 2 aliphatic heterocycles. The maximum atomic E-state index is 12.2. The molecule has 0 aromatic rings. The van der Waals surface area contributed by atoms with Gasteiger partial charge in [0.1, 0.15) is 5.78 Å². The van der Waals surface area contributed by atoms with E-state index in [1.54, 1.807) is 13.0 Å². The molecule has 0 aromatic carbocycles. The number of rotatable bonds is 2. The number of hydrogen-bond donors (Lipinski definition) is 0. The van der Waals surface area contributed by atoms with Crippen LogP contribution in [0.2, 0.25) is 0 Å². The molecule has 2 aliphatic rings. The van der Waals surface area contributed by atoms with Gasteiger partial charge in [-0.3, -0.25) is 14.5 Å². The lowest BCUT2D eigenvalue weighted by molar-refractivity contribution is -0.136. The molecule has 88 valence electrons. The van der Waals surface area contributed by atoms with Gasteiger partial charge in [0.15, 0.2) is 5.78 Å². The van der Waals surface area contributed by atoms with Crippen molar-refractivity contribution in [3.05, 3.63) is 11.6 Å². The lowest BCUT2D eigenvalue weighted by atomic mass is 9.83. The minimum absolute atomic E-state index is 0.0321. The van der Waals surface area contributed by atoms with Crippen LogP contribution in [0.1, 0.15) is 33.1 Å². The zero-order valence-electron chi connectivity index (χ0n) is 10.2. The second-order valence-corrected chi connectivity index (χ2v) is 4.95. The first-order valence-electron chi connectivity index (χ1n) is 5.98. The van der Waals surface area contributed by atoms with Gasteiger partial charge in [0.25, 0.3) is 0 Å². The molecule has 0 aliphatic carbocycles. The number of carbonyl (C=O) groups excluding carboxylic acids is 2. The van der Waals surface area contributed by atoms with Crippen molar-refractivity contribution in [1.82, 2.24) is 4.90 Å². The van der Waals surface area contributed by atoms with Crippen LogP contribution in [0.15, 0.2) is 11.6 Å². The Morgan fingerprint density at radius 2 is 2.12 bits per heavy atom. The molecule has 3 atom stereocenters. The van der Waals surface area contributed by atoms with Crippen LogP contribution in [0, 0.1) is 5.92 Å². The van der Waals surface area contributed by atoms with Crippen LogP contribution in [0.3, 0.4) is 0 Å². The molecule has 0 aromatic heterocycles. The number of nitrogens with zero attached hydrogens (tertiary/aromatic N) is 1. The fraction of sp³-hybridized carbons (Fsp3) is 0.692. The summed E-state index contributed by atoms with van der Waals surface area (Å²) in [6.45, 7) is 3.65. The van der Waals surface area contributed by atoms with Gasteiger partial charge >= 0.3 is 0 Å². The number of piperidine rings is 1. The first-order chi connectivity index (χ1) is 7.56. The summed E-state index contributed by atoms with van der Waals surface area (Å²) in [5.74, 6) is -0.221. The van der Waals surface area contributed by atoms with Crippen LogP contribution in [0.25, 0.3) is 0 Å². The van der Waals surface area contributed by atoms with Crippen LogP contribution in [0.4, 0.5) is 0 Å². The average Bonchev–Trinajstić information content (AvgIpc) is 2.52. The van der Waals surface area contributed by atoms with E-state index in [1.165, 1.54) is 0 Å². The molecule has 0 N–H and O–H groups in total. The first kappa shape index (κ1) is 11.5. The van der Waals surface area contributed by atoms with Gasteiger partial charge in [0, 0.05) is 18.5 Å². The van der Waals surface area contributed by atoms with Crippen LogP contribution in [0.5, 0.6) is 0 Å². The zero-order valence-corrected chi connectivity index (χ0v) is 10.2. The molecule has 2 bridgehead atoms. The van der Waals surface area contributed by atoms with E-state index < -0.39 is 5.92 Å². The number of allylic oxidation sites excluding steroid dienone is 2. The summed E-state index contributed by atoms with van der Waals surface area (Å²) in [6, 6.07) is 0.529. The topological polar surface area (TPSA) is 37.4 Å². The Morgan fingerprint density at radius 3 is 2.75 bits per heavy atom.